The Kier molecular flexibility index (Phi) is 3.73. The van der Waals surface area contributed by atoms with Gasteiger partial charge in [0, 0.05) is 11.9 Å². The Morgan fingerprint density at radius 1 is 1.30 bits per heavy atom. The largest absolute Gasteiger partial charge is 0.493 e. The molecule has 2 heterocycles. The number of nitrogens with zero attached hydrogens (tertiary/aromatic N) is 3. The van der Waals surface area contributed by atoms with Crippen LogP contribution in [-0.4, -0.2) is 15.6 Å². The van der Waals surface area contributed by atoms with Crippen molar-refractivity contribution in [1.82, 2.24) is 4.57 Å². The van der Waals surface area contributed by atoms with E-state index in [1.54, 1.807) is 24.5 Å². The first-order valence-electron chi connectivity index (χ1n) is 7.36. The molecule has 0 atom stereocenters. The summed E-state index contributed by atoms with van der Waals surface area (Å²) in [6.07, 6.45) is 0. The zero-order valence-electron chi connectivity index (χ0n) is 13.2. The van der Waals surface area contributed by atoms with Crippen molar-refractivity contribution in [3.05, 3.63) is 47.4 Å². The van der Waals surface area contributed by atoms with Crippen LogP contribution in [-0.2, 0) is 6.54 Å². The summed E-state index contributed by atoms with van der Waals surface area (Å²) >= 11 is 0. The summed E-state index contributed by atoms with van der Waals surface area (Å²) in [4.78, 5) is 12.2. The summed E-state index contributed by atoms with van der Waals surface area (Å²) in [6, 6.07) is 9.10. The van der Waals surface area contributed by atoms with Crippen molar-refractivity contribution in [1.29, 1.82) is 0 Å². The zero-order valence-corrected chi connectivity index (χ0v) is 13.2. The molecule has 0 radical (unpaired) electrons. The molecule has 0 aliphatic carbocycles. The van der Waals surface area contributed by atoms with Gasteiger partial charge in [0.25, 0.3) is 5.91 Å². The second-order valence-electron chi connectivity index (χ2n) is 5.27. The van der Waals surface area contributed by atoms with Crippen molar-refractivity contribution in [2.75, 3.05) is 0 Å². The Balaban J connectivity index is 2.03. The number of amides is 1. The Hall–Kier alpha value is -2.89. The average Bonchev–Trinajstić information content (AvgIpc) is 3.01. The van der Waals surface area contributed by atoms with Crippen LogP contribution in [0.4, 0.5) is 5.69 Å². The maximum absolute atomic E-state index is 12.2. The lowest BCUT2D eigenvalue weighted by atomic mass is 10.2. The lowest BCUT2D eigenvalue weighted by Crippen LogP contribution is -1.93. The van der Waals surface area contributed by atoms with E-state index in [0.29, 0.717) is 29.3 Å². The van der Waals surface area contributed by atoms with Gasteiger partial charge in [-0.2, -0.15) is 0 Å². The minimum Gasteiger partial charge on any atom is -0.493 e. The molecule has 118 valence electrons. The van der Waals surface area contributed by atoms with Crippen molar-refractivity contribution in [3.8, 4) is 5.88 Å². The Morgan fingerprint density at radius 3 is 2.70 bits per heavy atom. The molecule has 3 rings (SSSR count). The molecule has 6 heteroatoms. The van der Waals surface area contributed by atoms with Gasteiger partial charge in [-0.3, -0.25) is 4.79 Å². The van der Waals surface area contributed by atoms with E-state index in [2.05, 4.69) is 10.2 Å². The number of aryl methyl sites for hydroxylation is 3. The number of furan rings is 1. The number of carbonyl (C=O) groups excluding carboxylic acids is 1. The fourth-order valence-electron chi connectivity index (χ4n) is 2.68. The van der Waals surface area contributed by atoms with Gasteiger partial charge in [0.05, 0.1) is 11.1 Å². The summed E-state index contributed by atoms with van der Waals surface area (Å²) in [5, 5.41) is 18.8. The molecule has 0 unspecified atom stereocenters. The summed E-state index contributed by atoms with van der Waals surface area (Å²) in [7, 11) is 0. The van der Waals surface area contributed by atoms with Gasteiger partial charge in [0.1, 0.15) is 11.5 Å². The van der Waals surface area contributed by atoms with Crippen LogP contribution >= 0.6 is 0 Å². The predicted octanol–water partition coefficient (Wildman–Crippen LogP) is 4.50. The minimum absolute atomic E-state index is 0.00495. The van der Waals surface area contributed by atoms with Crippen molar-refractivity contribution >= 4 is 22.5 Å². The first-order chi connectivity index (χ1) is 11.0. The van der Waals surface area contributed by atoms with Crippen LogP contribution < -0.4 is 0 Å². The molecule has 0 aliphatic rings. The highest BCUT2D eigenvalue weighted by atomic mass is 16.3. The van der Waals surface area contributed by atoms with Crippen LogP contribution in [0, 0.1) is 13.8 Å². The fourth-order valence-corrected chi connectivity index (χ4v) is 2.68. The molecule has 6 nitrogen and oxygen atoms in total. The number of rotatable bonds is 3. The molecule has 1 amide bonds. The maximum Gasteiger partial charge on any atom is 0.298 e. The average molecular weight is 311 g/mol. The second kappa shape index (κ2) is 5.72. The van der Waals surface area contributed by atoms with Crippen molar-refractivity contribution in [3.63, 3.8) is 0 Å². The SMILES string of the molecule is CCn1c(O)c(N=NC(=O)c2cc(C)oc2C)c2ccccc21. The van der Waals surface area contributed by atoms with Crippen LogP contribution in [0.1, 0.15) is 28.8 Å². The molecule has 0 fully saturated rings. The molecular formula is C17H17N3O3. The molecule has 3 aromatic rings. The van der Waals surface area contributed by atoms with Crippen LogP contribution in [0.25, 0.3) is 10.9 Å². The Bertz CT molecular complexity index is 919. The van der Waals surface area contributed by atoms with Crippen LogP contribution in [0.5, 0.6) is 5.88 Å². The van der Waals surface area contributed by atoms with Gasteiger partial charge in [-0.15, -0.1) is 10.2 Å². The smallest absolute Gasteiger partial charge is 0.298 e. The summed E-state index contributed by atoms with van der Waals surface area (Å²) in [6.45, 7) is 5.99. The number of para-hydroxylation sites is 1. The van der Waals surface area contributed by atoms with Crippen LogP contribution in [0.15, 0.2) is 45.0 Å². The molecule has 0 spiro atoms. The number of fused-ring (bicyclic) bond motifs is 1. The van der Waals surface area contributed by atoms with E-state index >= 15 is 0 Å². The van der Waals surface area contributed by atoms with E-state index in [1.807, 2.05) is 31.2 Å². The van der Waals surface area contributed by atoms with Gasteiger partial charge in [-0.1, -0.05) is 18.2 Å². The standard InChI is InChI=1S/C17H17N3O3/c1-4-20-14-8-6-5-7-12(14)15(17(20)22)18-19-16(21)13-9-10(2)23-11(13)3/h5-9,22H,4H2,1-3H3. The molecule has 0 aliphatic heterocycles. The van der Waals surface area contributed by atoms with E-state index in [-0.39, 0.29) is 5.88 Å². The summed E-state index contributed by atoms with van der Waals surface area (Å²) in [5.74, 6) is 0.663. The van der Waals surface area contributed by atoms with E-state index in [4.69, 9.17) is 4.42 Å². The number of aromatic nitrogens is 1. The van der Waals surface area contributed by atoms with Crippen LogP contribution in [0.2, 0.25) is 0 Å². The number of hydrogen-bond donors (Lipinski definition) is 1. The van der Waals surface area contributed by atoms with Gasteiger partial charge in [0.15, 0.2) is 5.69 Å². The number of hydrogen-bond acceptors (Lipinski definition) is 4. The molecular weight excluding hydrogens is 294 g/mol. The molecule has 1 N–H and O–H groups in total. The topological polar surface area (TPSA) is 80.1 Å². The summed E-state index contributed by atoms with van der Waals surface area (Å²) < 4.78 is 7.05. The number of benzene rings is 1. The molecule has 0 saturated heterocycles. The third kappa shape index (κ3) is 2.52. The molecule has 23 heavy (non-hydrogen) atoms. The molecule has 2 aromatic heterocycles. The number of azo groups is 1. The molecule has 0 bridgehead atoms. The van der Waals surface area contributed by atoms with E-state index in [1.165, 1.54) is 0 Å². The molecule has 1 aromatic carbocycles. The highest BCUT2D eigenvalue weighted by Crippen LogP contribution is 2.38. The normalized spacial score (nSPS) is 11.6. The first kappa shape index (κ1) is 15.0. The van der Waals surface area contributed by atoms with Gasteiger partial charge < -0.3 is 14.1 Å². The number of carbonyl (C=O) groups is 1. The fraction of sp³-hybridized carbons (Fsp3) is 0.235. The van der Waals surface area contributed by atoms with Gasteiger partial charge in [-0.25, -0.2) is 0 Å². The molecule has 0 saturated carbocycles. The third-order valence-electron chi connectivity index (χ3n) is 3.75. The van der Waals surface area contributed by atoms with Gasteiger partial charge in [-0.05, 0) is 32.9 Å². The Morgan fingerprint density at radius 2 is 2.04 bits per heavy atom. The lowest BCUT2D eigenvalue weighted by Gasteiger charge is -2.00. The number of aromatic hydroxyl groups is 1. The summed E-state index contributed by atoms with van der Waals surface area (Å²) in [5.41, 5.74) is 1.53. The van der Waals surface area contributed by atoms with E-state index in [9.17, 15) is 9.90 Å². The monoisotopic (exact) mass is 311 g/mol. The van der Waals surface area contributed by atoms with Gasteiger partial charge in [0.2, 0.25) is 5.88 Å². The second-order valence-corrected chi connectivity index (χ2v) is 5.27. The quantitative estimate of drug-likeness (QED) is 0.723. The highest BCUT2D eigenvalue weighted by Gasteiger charge is 2.17. The third-order valence-corrected chi connectivity index (χ3v) is 3.75. The van der Waals surface area contributed by atoms with Crippen molar-refractivity contribution < 1.29 is 14.3 Å². The maximum atomic E-state index is 12.2. The van der Waals surface area contributed by atoms with Crippen LogP contribution in [0.3, 0.4) is 0 Å². The van der Waals surface area contributed by atoms with E-state index in [0.717, 1.165) is 10.9 Å². The lowest BCUT2D eigenvalue weighted by molar-refractivity contribution is 0.0993. The Labute approximate surface area is 133 Å². The first-order valence-corrected chi connectivity index (χ1v) is 7.36. The van der Waals surface area contributed by atoms with Gasteiger partial charge >= 0.3 is 0 Å². The predicted molar refractivity (Wildman–Crippen MR) is 86.3 cm³/mol. The van der Waals surface area contributed by atoms with E-state index < -0.39 is 5.91 Å². The van der Waals surface area contributed by atoms with Crippen molar-refractivity contribution in [2.45, 2.75) is 27.3 Å². The minimum atomic E-state index is -0.493. The zero-order chi connectivity index (χ0) is 16.6. The highest BCUT2D eigenvalue weighted by molar-refractivity contribution is 5.97. The van der Waals surface area contributed by atoms with Crippen molar-refractivity contribution in [2.24, 2.45) is 10.2 Å².